The van der Waals surface area contributed by atoms with Crippen LogP contribution in [0.5, 0.6) is 5.75 Å². The molecule has 0 bridgehead atoms. The number of carbonyl (C=O) groups excluding carboxylic acids is 1. The van der Waals surface area contributed by atoms with Crippen LogP contribution in [0, 0.1) is 24.2 Å². The van der Waals surface area contributed by atoms with Gasteiger partial charge < -0.3 is 14.7 Å². The van der Waals surface area contributed by atoms with Gasteiger partial charge in [-0.1, -0.05) is 6.07 Å². The maximum absolute atomic E-state index is 12.9. The van der Waals surface area contributed by atoms with Crippen LogP contribution in [0.25, 0.3) is 11.3 Å². The number of rotatable bonds is 7. The molecule has 0 unspecified atom stereocenters. The number of hydrogen-bond donors (Lipinski definition) is 1. The Labute approximate surface area is 233 Å². The summed E-state index contributed by atoms with van der Waals surface area (Å²) in [4.78, 5) is 31.1. The Kier molecular flexibility index (Phi) is 8.27. The SMILES string of the molecule is Cc1cc(C(=O)N2CCCCC2)ccc1COc1ccc(C#N)cc1-c1csc(C2CCC(C(=O)O)CC2)n1. The Bertz CT molecular complexity index is 1400. The van der Waals surface area contributed by atoms with E-state index in [4.69, 9.17) is 9.72 Å². The second kappa shape index (κ2) is 12.0. The molecule has 1 N–H and O–H groups in total. The summed E-state index contributed by atoms with van der Waals surface area (Å²) in [6.45, 7) is 3.98. The fourth-order valence-electron chi connectivity index (χ4n) is 5.54. The van der Waals surface area contributed by atoms with Crippen LogP contribution < -0.4 is 4.74 Å². The second-order valence-corrected chi connectivity index (χ2v) is 11.5. The number of carboxylic acids is 1. The van der Waals surface area contributed by atoms with Gasteiger partial charge in [-0.15, -0.1) is 11.3 Å². The number of ether oxygens (including phenoxy) is 1. The van der Waals surface area contributed by atoms with Crippen molar-refractivity contribution < 1.29 is 19.4 Å². The van der Waals surface area contributed by atoms with Crippen molar-refractivity contribution >= 4 is 23.2 Å². The number of nitriles is 1. The zero-order chi connectivity index (χ0) is 27.4. The van der Waals surface area contributed by atoms with Crippen molar-refractivity contribution in [3.8, 4) is 23.1 Å². The average Bonchev–Trinajstić information content (AvgIpc) is 3.47. The normalized spacial score (nSPS) is 19.3. The van der Waals surface area contributed by atoms with E-state index in [1.807, 2.05) is 47.5 Å². The van der Waals surface area contributed by atoms with E-state index in [0.717, 1.165) is 66.2 Å². The lowest BCUT2D eigenvalue weighted by Crippen LogP contribution is -2.35. The van der Waals surface area contributed by atoms with E-state index >= 15 is 0 Å². The molecule has 39 heavy (non-hydrogen) atoms. The largest absolute Gasteiger partial charge is 0.488 e. The van der Waals surface area contributed by atoms with Crippen molar-refractivity contribution in [1.82, 2.24) is 9.88 Å². The van der Waals surface area contributed by atoms with E-state index in [0.29, 0.717) is 36.3 Å². The van der Waals surface area contributed by atoms with E-state index in [9.17, 15) is 20.0 Å². The fourth-order valence-corrected chi connectivity index (χ4v) is 6.53. The van der Waals surface area contributed by atoms with Crippen LogP contribution in [0.2, 0.25) is 0 Å². The van der Waals surface area contributed by atoms with Crippen LogP contribution in [-0.4, -0.2) is 40.0 Å². The van der Waals surface area contributed by atoms with E-state index in [1.54, 1.807) is 17.4 Å². The standard InChI is InChI=1S/C31H33N3O4S/c1-20-15-24(30(35)34-13-3-2-4-14-34)10-11-25(20)18-38-28-12-5-21(17-32)16-26(28)27-19-39-29(33-27)22-6-8-23(9-7-22)31(36)37/h5,10-12,15-16,19,22-23H,2-4,6-9,13-14,18H2,1H3,(H,36,37). The van der Waals surface area contributed by atoms with Crippen LogP contribution >= 0.6 is 11.3 Å². The summed E-state index contributed by atoms with van der Waals surface area (Å²) in [5.41, 5.74) is 4.78. The zero-order valence-corrected chi connectivity index (χ0v) is 23.0. The number of carbonyl (C=O) groups is 2. The Hall–Kier alpha value is -3.70. The number of likely N-dealkylation sites (tertiary alicyclic amines) is 1. The molecule has 1 amide bonds. The van der Waals surface area contributed by atoms with Gasteiger partial charge >= 0.3 is 5.97 Å². The maximum Gasteiger partial charge on any atom is 0.306 e. The number of aliphatic carboxylic acids is 1. The van der Waals surface area contributed by atoms with Crippen LogP contribution in [0.1, 0.15) is 82.9 Å². The molecule has 1 saturated heterocycles. The Morgan fingerprint density at radius 1 is 1.10 bits per heavy atom. The number of nitrogens with zero attached hydrogens (tertiary/aromatic N) is 3. The van der Waals surface area contributed by atoms with Crippen LogP contribution in [0.15, 0.2) is 41.8 Å². The second-order valence-electron chi connectivity index (χ2n) is 10.6. The molecule has 2 aromatic carbocycles. The number of thiazole rings is 1. The highest BCUT2D eigenvalue weighted by Gasteiger charge is 2.28. The van der Waals surface area contributed by atoms with Crippen molar-refractivity contribution in [2.45, 2.75) is 64.4 Å². The fraction of sp³-hybridized carbons (Fsp3) is 0.419. The van der Waals surface area contributed by atoms with Gasteiger partial charge in [-0.05, 0) is 93.3 Å². The quantitative estimate of drug-likeness (QED) is 0.362. The number of benzene rings is 2. The summed E-state index contributed by atoms with van der Waals surface area (Å²) >= 11 is 1.58. The van der Waals surface area contributed by atoms with E-state index in [1.165, 1.54) is 6.42 Å². The van der Waals surface area contributed by atoms with E-state index in [-0.39, 0.29) is 17.7 Å². The van der Waals surface area contributed by atoms with Crippen molar-refractivity contribution in [3.05, 3.63) is 69.0 Å². The number of aromatic nitrogens is 1. The van der Waals surface area contributed by atoms with E-state index < -0.39 is 5.97 Å². The Morgan fingerprint density at radius 2 is 1.87 bits per heavy atom. The minimum absolute atomic E-state index is 0.0930. The third-order valence-corrected chi connectivity index (χ3v) is 8.96. The number of piperidine rings is 1. The number of amides is 1. The Morgan fingerprint density at radius 3 is 2.56 bits per heavy atom. The molecule has 5 rings (SSSR count). The van der Waals surface area contributed by atoms with Gasteiger partial charge in [-0.25, -0.2) is 4.98 Å². The first-order valence-electron chi connectivity index (χ1n) is 13.7. The molecule has 0 spiro atoms. The highest BCUT2D eigenvalue weighted by molar-refractivity contribution is 7.10. The first kappa shape index (κ1) is 26.9. The molecule has 7 nitrogen and oxygen atoms in total. The van der Waals surface area contributed by atoms with Gasteiger partial charge in [0.25, 0.3) is 5.91 Å². The first-order chi connectivity index (χ1) is 18.9. The predicted octanol–water partition coefficient (Wildman–Crippen LogP) is 6.55. The lowest BCUT2D eigenvalue weighted by atomic mass is 9.82. The molecule has 1 aromatic heterocycles. The third-order valence-electron chi connectivity index (χ3n) is 7.95. The van der Waals surface area contributed by atoms with E-state index in [2.05, 4.69) is 6.07 Å². The summed E-state index contributed by atoms with van der Waals surface area (Å²) in [6.07, 6.45) is 6.31. The molecular formula is C31H33N3O4S. The lowest BCUT2D eigenvalue weighted by Gasteiger charge is -2.27. The molecule has 1 aliphatic heterocycles. The molecule has 1 aliphatic carbocycles. The summed E-state index contributed by atoms with van der Waals surface area (Å²) in [5, 5.41) is 21.8. The van der Waals surface area contributed by atoms with Crippen molar-refractivity contribution in [3.63, 3.8) is 0 Å². The van der Waals surface area contributed by atoms with Gasteiger partial charge in [-0.3, -0.25) is 9.59 Å². The van der Waals surface area contributed by atoms with Crippen molar-refractivity contribution in [2.75, 3.05) is 13.1 Å². The molecule has 2 heterocycles. The first-order valence-corrected chi connectivity index (χ1v) is 14.5. The summed E-state index contributed by atoms with van der Waals surface area (Å²) in [7, 11) is 0. The minimum atomic E-state index is -0.707. The van der Waals surface area contributed by atoms with Gasteiger partial charge in [0.05, 0.1) is 28.3 Å². The highest BCUT2D eigenvalue weighted by atomic mass is 32.1. The molecular weight excluding hydrogens is 510 g/mol. The Balaban J connectivity index is 1.30. The number of carboxylic acid groups (broad SMARTS) is 1. The van der Waals surface area contributed by atoms with Crippen LogP contribution in [0.4, 0.5) is 0 Å². The summed E-state index contributed by atoms with van der Waals surface area (Å²) < 4.78 is 6.26. The molecule has 1 saturated carbocycles. The number of hydrogen-bond acceptors (Lipinski definition) is 6. The molecule has 202 valence electrons. The predicted molar refractivity (Wildman–Crippen MR) is 150 cm³/mol. The molecule has 8 heteroatoms. The van der Waals surface area contributed by atoms with Gasteiger partial charge in [0.15, 0.2) is 0 Å². The molecule has 0 radical (unpaired) electrons. The molecule has 3 aromatic rings. The zero-order valence-electron chi connectivity index (χ0n) is 22.2. The third kappa shape index (κ3) is 6.15. The van der Waals surface area contributed by atoms with Gasteiger partial charge in [0, 0.05) is 35.5 Å². The summed E-state index contributed by atoms with van der Waals surface area (Å²) in [5.74, 6) is 0.0377. The minimum Gasteiger partial charge on any atom is -0.488 e. The van der Waals surface area contributed by atoms with Crippen molar-refractivity contribution in [1.29, 1.82) is 5.26 Å². The van der Waals surface area contributed by atoms with Crippen molar-refractivity contribution in [2.24, 2.45) is 5.92 Å². The summed E-state index contributed by atoms with van der Waals surface area (Å²) in [6, 6.07) is 13.4. The monoisotopic (exact) mass is 543 g/mol. The molecule has 2 aliphatic rings. The van der Waals surface area contributed by atoms with Crippen LogP contribution in [0.3, 0.4) is 0 Å². The topological polar surface area (TPSA) is 104 Å². The average molecular weight is 544 g/mol. The smallest absolute Gasteiger partial charge is 0.306 e. The lowest BCUT2D eigenvalue weighted by molar-refractivity contribution is -0.142. The molecule has 0 atom stereocenters. The molecule has 2 fully saturated rings. The van der Waals surface area contributed by atoms with Crippen LogP contribution in [-0.2, 0) is 11.4 Å². The van der Waals surface area contributed by atoms with Gasteiger partial charge in [0.1, 0.15) is 12.4 Å². The van der Waals surface area contributed by atoms with Gasteiger partial charge in [-0.2, -0.15) is 5.26 Å². The number of aryl methyl sites for hydroxylation is 1. The maximum atomic E-state index is 12.9. The van der Waals surface area contributed by atoms with Gasteiger partial charge in [0.2, 0.25) is 0 Å². The highest BCUT2D eigenvalue weighted by Crippen LogP contribution is 2.40.